The Labute approximate surface area is 129 Å². The summed E-state index contributed by atoms with van der Waals surface area (Å²) in [5, 5.41) is 19.1. The Bertz CT molecular complexity index is 767. The molecule has 21 heavy (non-hydrogen) atoms. The van der Waals surface area contributed by atoms with E-state index >= 15 is 0 Å². The van der Waals surface area contributed by atoms with E-state index in [-0.39, 0.29) is 17.1 Å². The highest BCUT2D eigenvalue weighted by molar-refractivity contribution is 9.10. The van der Waals surface area contributed by atoms with Gasteiger partial charge in [0.1, 0.15) is 5.75 Å². The molecule has 2 aromatic carbocycles. The first kappa shape index (κ1) is 13.8. The lowest BCUT2D eigenvalue weighted by atomic mass is 9.76. The van der Waals surface area contributed by atoms with Crippen molar-refractivity contribution >= 4 is 27.7 Å². The van der Waals surface area contributed by atoms with Gasteiger partial charge in [-0.3, -0.25) is 9.59 Å². The maximum Gasteiger partial charge on any atom is 0.311 e. The van der Waals surface area contributed by atoms with Crippen LogP contribution in [0.25, 0.3) is 0 Å². The van der Waals surface area contributed by atoms with Crippen molar-refractivity contribution in [1.29, 1.82) is 0 Å². The zero-order valence-corrected chi connectivity index (χ0v) is 12.4. The Hall–Kier alpha value is -2.14. The zero-order chi connectivity index (χ0) is 15.1. The Kier molecular flexibility index (Phi) is 3.29. The third kappa shape index (κ3) is 2.23. The highest BCUT2D eigenvalue weighted by Gasteiger charge is 2.34. The molecule has 1 aliphatic rings. The van der Waals surface area contributed by atoms with E-state index < -0.39 is 11.9 Å². The summed E-state index contributed by atoms with van der Waals surface area (Å²) in [5.74, 6) is -1.97. The number of phenols is 1. The summed E-state index contributed by atoms with van der Waals surface area (Å²) in [7, 11) is 0. The van der Waals surface area contributed by atoms with Gasteiger partial charge in [-0.2, -0.15) is 0 Å². The molecule has 1 atom stereocenters. The van der Waals surface area contributed by atoms with Crippen LogP contribution in [0.2, 0.25) is 0 Å². The number of aromatic hydroxyl groups is 1. The van der Waals surface area contributed by atoms with E-state index in [0.717, 1.165) is 5.56 Å². The average molecular weight is 347 g/mol. The maximum absolute atomic E-state index is 12.5. The summed E-state index contributed by atoms with van der Waals surface area (Å²) in [6.07, 6.45) is 0.390. The largest absolute Gasteiger partial charge is 0.507 e. The lowest BCUT2D eigenvalue weighted by molar-refractivity contribution is -0.139. The SMILES string of the molecule is O=C(c1cc2c(cc1O)[C@@H](C(=O)O)C2)c1ccccc1Br. The fraction of sp³-hybridized carbons (Fsp3) is 0.125. The molecule has 0 spiro atoms. The van der Waals surface area contributed by atoms with Crippen LogP contribution in [0.1, 0.15) is 33.0 Å². The molecule has 0 bridgehead atoms. The summed E-state index contributed by atoms with van der Waals surface area (Å²) in [4.78, 5) is 23.5. The highest BCUT2D eigenvalue weighted by Crippen LogP contribution is 2.40. The predicted octanol–water partition coefficient (Wildman–Crippen LogP) is 3.11. The Balaban J connectivity index is 2.02. The van der Waals surface area contributed by atoms with Gasteiger partial charge in [0.2, 0.25) is 0 Å². The van der Waals surface area contributed by atoms with Crippen molar-refractivity contribution in [1.82, 2.24) is 0 Å². The van der Waals surface area contributed by atoms with Crippen molar-refractivity contribution in [3.8, 4) is 5.75 Å². The monoisotopic (exact) mass is 346 g/mol. The number of benzene rings is 2. The molecule has 0 amide bonds. The Morgan fingerprint density at radius 3 is 2.52 bits per heavy atom. The molecule has 0 saturated heterocycles. The van der Waals surface area contributed by atoms with Crippen molar-refractivity contribution < 1.29 is 19.8 Å². The van der Waals surface area contributed by atoms with Gasteiger partial charge in [0.05, 0.1) is 11.5 Å². The quantitative estimate of drug-likeness (QED) is 0.837. The molecule has 4 nitrogen and oxygen atoms in total. The van der Waals surface area contributed by atoms with Crippen molar-refractivity contribution in [2.75, 3.05) is 0 Å². The average Bonchev–Trinajstić information content (AvgIpc) is 2.42. The molecule has 0 saturated carbocycles. The first-order chi connectivity index (χ1) is 9.99. The minimum atomic E-state index is -0.910. The summed E-state index contributed by atoms with van der Waals surface area (Å²) >= 11 is 3.31. The van der Waals surface area contributed by atoms with E-state index in [9.17, 15) is 14.7 Å². The van der Waals surface area contributed by atoms with Crippen molar-refractivity contribution in [2.24, 2.45) is 0 Å². The second kappa shape index (κ2) is 5.00. The molecule has 2 N–H and O–H groups in total. The number of ketones is 1. The molecule has 106 valence electrons. The van der Waals surface area contributed by atoms with Crippen molar-refractivity contribution in [3.63, 3.8) is 0 Å². The smallest absolute Gasteiger partial charge is 0.311 e. The summed E-state index contributed by atoms with van der Waals surface area (Å²) in [6, 6.07) is 9.96. The molecular weight excluding hydrogens is 336 g/mol. The normalized spacial score (nSPS) is 16.0. The third-order valence-corrected chi connectivity index (χ3v) is 4.41. The van der Waals surface area contributed by atoms with Crippen LogP contribution in [0.5, 0.6) is 5.75 Å². The second-order valence-corrected chi connectivity index (χ2v) is 5.83. The van der Waals surface area contributed by atoms with Crippen LogP contribution >= 0.6 is 15.9 Å². The molecule has 0 aromatic heterocycles. The molecule has 0 radical (unpaired) electrons. The highest BCUT2D eigenvalue weighted by atomic mass is 79.9. The molecule has 3 rings (SSSR count). The topological polar surface area (TPSA) is 74.6 Å². The molecule has 0 aliphatic heterocycles. The molecule has 0 heterocycles. The second-order valence-electron chi connectivity index (χ2n) is 4.97. The first-order valence-electron chi connectivity index (χ1n) is 6.37. The van der Waals surface area contributed by atoms with E-state index in [1.54, 1.807) is 30.3 Å². The van der Waals surface area contributed by atoms with Gasteiger partial charge in [0.25, 0.3) is 0 Å². The number of carboxylic acids is 1. The number of carbonyl (C=O) groups excluding carboxylic acids is 1. The molecule has 1 aliphatic carbocycles. The van der Waals surface area contributed by atoms with Crippen LogP contribution in [0.4, 0.5) is 0 Å². The van der Waals surface area contributed by atoms with Gasteiger partial charge in [0, 0.05) is 10.0 Å². The Morgan fingerprint density at radius 2 is 1.86 bits per heavy atom. The van der Waals surface area contributed by atoms with Gasteiger partial charge < -0.3 is 10.2 Å². The van der Waals surface area contributed by atoms with E-state index in [4.69, 9.17) is 5.11 Å². The number of rotatable bonds is 3. The molecule has 0 unspecified atom stereocenters. The number of carbonyl (C=O) groups is 2. The molecule has 2 aromatic rings. The number of halogens is 1. The van der Waals surface area contributed by atoms with E-state index in [1.807, 2.05) is 0 Å². The van der Waals surface area contributed by atoms with E-state index in [0.29, 0.717) is 22.0 Å². The molecule has 5 heteroatoms. The summed E-state index contributed by atoms with van der Waals surface area (Å²) in [6.45, 7) is 0. The number of hydrogen-bond acceptors (Lipinski definition) is 3. The number of fused-ring (bicyclic) bond motifs is 1. The zero-order valence-electron chi connectivity index (χ0n) is 10.8. The molecule has 0 fully saturated rings. The maximum atomic E-state index is 12.5. The van der Waals surface area contributed by atoms with Crippen LogP contribution in [0, 0.1) is 0 Å². The summed E-state index contributed by atoms with van der Waals surface area (Å²) < 4.78 is 0.653. The number of carboxylic acid groups (broad SMARTS) is 1. The fourth-order valence-electron chi connectivity index (χ4n) is 2.54. The van der Waals surface area contributed by atoms with Gasteiger partial charge in [-0.1, -0.05) is 28.1 Å². The molecular formula is C16H11BrO4. The minimum absolute atomic E-state index is 0.180. The summed E-state index contributed by atoms with van der Waals surface area (Å²) in [5.41, 5.74) is 2.05. The fourth-order valence-corrected chi connectivity index (χ4v) is 3.01. The van der Waals surface area contributed by atoms with E-state index in [1.165, 1.54) is 6.07 Å². The van der Waals surface area contributed by atoms with Crippen LogP contribution < -0.4 is 0 Å². The van der Waals surface area contributed by atoms with Gasteiger partial charge in [-0.15, -0.1) is 0 Å². The van der Waals surface area contributed by atoms with Crippen LogP contribution in [0.3, 0.4) is 0 Å². The lowest BCUT2D eigenvalue weighted by Crippen LogP contribution is -2.25. The lowest BCUT2D eigenvalue weighted by Gasteiger charge is -2.27. The third-order valence-electron chi connectivity index (χ3n) is 3.72. The standard InChI is InChI=1S/C16H11BrO4/c17-13-4-2-1-3-9(13)15(19)12-6-8-5-11(16(20)21)10(8)7-14(12)18/h1-4,6-7,11,18H,5H2,(H,20,21)/t11-/m0/s1. The van der Waals surface area contributed by atoms with Crippen molar-refractivity contribution in [2.45, 2.75) is 12.3 Å². The number of phenolic OH excluding ortho intramolecular Hbond substituents is 1. The predicted molar refractivity (Wildman–Crippen MR) is 79.8 cm³/mol. The van der Waals surface area contributed by atoms with E-state index in [2.05, 4.69) is 15.9 Å². The van der Waals surface area contributed by atoms with Crippen LogP contribution in [-0.4, -0.2) is 22.0 Å². The van der Waals surface area contributed by atoms with Gasteiger partial charge in [-0.25, -0.2) is 0 Å². The van der Waals surface area contributed by atoms with Crippen molar-refractivity contribution in [3.05, 3.63) is 63.1 Å². The van der Waals surface area contributed by atoms with Gasteiger partial charge in [0.15, 0.2) is 5.78 Å². The number of hydrogen-bond donors (Lipinski definition) is 2. The Morgan fingerprint density at radius 1 is 1.14 bits per heavy atom. The van der Waals surface area contributed by atoms with Crippen LogP contribution in [-0.2, 0) is 11.2 Å². The number of aliphatic carboxylic acids is 1. The first-order valence-corrected chi connectivity index (χ1v) is 7.16. The van der Waals surface area contributed by atoms with Gasteiger partial charge in [-0.05, 0) is 41.8 Å². The van der Waals surface area contributed by atoms with Crippen LogP contribution in [0.15, 0.2) is 40.9 Å². The van der Waals surface area contributed by atoms with Gasteiger partial charge >= 0.3 is 5.97 Å². The minimum Gasteiger partial charge on any atom is -0.507 e.